The number of benzene rings is 5. The van der Waals surface area contributed by atoms with Crippen LogP contribution in [0.2, 0.25) is 0 Å². The zero-order valence-corrected chi connectivity index (χ0v) is 57.9. The van der Waals surface area contributed by atoms with Crippen molar-refractivity contribution >= 4 is 57.6 Å². The van der Waals surface area contributed by atoms with Gasteiger partial charge in [0.1, 0.15) is 23.1 Å². The minimum absolute atomic E-state index is 0.0195. The summed E-state index contributed by atoms with van der Waals surface area (Å²) in [7, 11) is 2.05. The number of ether oxygens (including phenoxy) is 5. The average molecular weight is 1350 g/mol. The van der Waals surface area contributed by atoms with Gasteiger partial charge >= 0.3 is 5.97 Å². The molecule has 5 aromatic carbocycles. The fourth-order valence-corrected chi connectivity index (χ4v) is 13.6. The van der Waals surface area contributed by atoms with Gasteiger partial charge in [0.25, 0.3) is 5.91 Å². The van der Waals surface area contributed by atoms with Crippen LogP contribution in [0, 0.1) is 23.7 Å². The molecule has 22 nitrogen and oxygen atoms in total. The Labute approximate surface area is 578 Å². The molecular formula is C77H93N11O11. The molecule has 4 atom stereocenters. The minimum Gasteiger partial charge on any atom is -0.423 e. The van der Waals surface area contributed by atoms with Crippen LogP contribution in [0.1, 0.15) is 130 Å². The molecule has 0 spiro atoms. The summed E-state index contributed by atoms with van der Waals surface area (Å²) in [5.41, 5.74) is 8.69. The number of amides is 5. The molecule has 99 heavy (non-hydrogen) atoms. The molecule has 11 rings (SSSR count). The number of para-hydroxylation sites is 2. The molecule has 8 aromatic rings. The number of allylic oxidation sites excluding steroid dienone is 2. The van der Waals surface area contributed by atoms with Gasteiger partial charge in [-0.15, -0.1) is 5.10 Å². The van der Waals surface area contributed by atoms with Crippen molar-refractivity contribution in [2.75, 3.05) is 65.9 Å². The number of likely N-dealkylation sites (tertiary alicyclic amines) is 1. The molecule has 22 heteroatoms. The van der Waals surface area contributed by atoms with Crippen molar-refractivity contribution in [1.82, 2.24) is 54.5 Å². The van der Waals surface area contributed by atoms with E-state index in [9.17, 15) is 28.8 Å². The predicted molar refractivity (Wildman–Crippen MR) is 376 cm³/mol. The number of carbonyl (C=O) groups is 6. The van der Waals surface area contributed by atoms with Gasteiger partial charge in [-0.3, -0.25) is 28.9 Å². The van der Waals surface area contributed by atoms with Gasteiger partial charge in [-0.05, 0) is 149 Å². The molecule has 3 aromatic heterocycles. The number of fused-ring (bicyclic) bond motifs is 7. The van der Waals surface area contributed by atoms with Crippen LogP contribution in [0.15, 0.2) is 134 Å². The standard InChI is InChI=1S/C77H93N11O11/c1-7-16-67-79-64-32-29-58(72-80-63-19-12-13-20-65(63)84(72)6)48-66(64)88(67)49-53-21-23-54(24-22-53)61-17-10-11-18-62(61)76(94)99-60-30-27-55(28-31-60)73(91)78-36-41-95-43-45-97-46-44-96-42-39-86-51-59(82-83-86)50-85(69(90)34-33-68(89)81-77(4,5)35-40-98-52(2)3)37-14-8-9-15-38-87-74(92)70-56-25-26-57(47-56)71(70)75(87)93/h10-13,17-32,48,51-52,56-57,70-71H,7-9,14-16,33-47,49-50H2,1-6H3,(H,78,91)(H,81,89)/t56?,57?,70-,71+. The number of nitrogens with zero attached hydrogens (tertiary/aromatic N) is 9. The lowest BCUT2D eigenvalue weighted by molar-refractivity contribution is -0.141. The van der Waals surface area contributed by atoms with Crippen LogP contribution in [0.5, 0.6) is 5.75 Å². The smallest absolute Gasteiger partial charge is 0.344 e. The van der Waals surface area contributed by atoms with Crippen LogP contribution in [0.25, 0.3) is 44.6 Å². The second-order valence-corrected chi connectivity index (χ2v) is 26.9. The summed E-state index contributed by atoms with van der Waals surface area (Å²) in [6, 6.07) is 36.6. The summed E-state index contributed by atoms with van der Waals surface area (Å²) in [4.78, 5) is 93.1. The zero-order chi connectivity index (χ0) is 69.4. The molecule has 3 aliphatic rings. The monoisotopic (exact) mass is 1350 g/mol. The topological polar surface area (TPSA) is 245 Å². The molecule has 2 N–H and O–H groups in total. The molecule has 4 heterocycles. The average Bonchev–Trinajstić information content (AvgIpc) is 1.59. The number of nitrogens with one attached hydrogen (secondary N) is 2. The molecule has 522 valence electrons. The lowest BCUT2D eigenvalue weighted by atomic mass is 9.85. The predicted octanol–water partition coefficient (Wildman–Crippen LogP) is 10.7. The molecule has 2 bridgehead atoms. The largest absolute Gasteiger partial charge is 0.423 e. The van der Waals surface area contributed by atoms with E-state index < -0.39 is 11.5 Å². The van der Waals surface area contributed by atoms with Crippen LogP contribution in [-0.2, 0) is 71.2 Å². The first-order valence-electron chi connectivity index (χ1n) is 35.1. The zero-order valence-electron chi connectivity index (χ0n) is 57.9. The lowest BCUT2D eigenvalue weighted by Gasteiger charge is -2.27. The van der Waals surface area contributed by atoms with E-state index in [0.717, 1.165) is 88.1 Å². The van der Waals surface area contributed by atoms with E-state index in [1.54, 1.807) is 46.1 Å². The number of esters is 1. The summed E-state index contributed by atoms with van der Waals surface area (Å²) in [6.07, 6.45) is 12.6. The van der Waals surface area contributed by atoms with Crippen molar-refractivity contribution in [2.24, 2.45) is 30.7 Å². The Hall–Kier alpha value is -9.22. The summed E-state index contributed by atoms with van der Waals surface area (Å²) in [5, 5.41) is 14.5. The Morgan fingerprint density at radius 3 is 2.14 bits per heavy atom. The van der Waals surface area contributed by atoms with Gasteiger partial charge in [0.05, 0.1) is 104 Å². The van der Waals surface area contributed by atoms with Crippen molar-refractivity contribution in [3.05, 3.63) is 162 Å². The maximum Gasteiger partial charge on any atom is 0.344 e. The highest BCUT2D eigenvalue weighted by Gasteiger charge is 2.59. The molecule has 1 saturated carbocycles. The minimum atomic E-state index is -0.516. The fourth-order valence-electron chi connectivity index (χ4n) is 13.6. The van der Waals surface area contributed by atoms with E-state index in [1.165, 1.54) is 4.90 Å². The van der Waals surface area contributed by atoms with Gasteiger partial charge < -0.3 is 48.4 Å². The quantitative estimate of drug-likeness (QED) is 0.0120. The Balaban J connectivity index is 0.561. The Morgan fingerprint density at radius 1 is 0.717 bits per heavy atom. The normalized spacial score (nSPS) is 16.4. The number of imidazole rings is 2. The lowest BCUT2D eigenvalue weighted by Crippen LogP contribution is -2.44. The summed E-state index contributed by atoms with van der Waals surface area (Å²) in [6.45, 7) is 14.9. The number of hydrogen-bond donors (Lipinski definition) is 2. The Morgan fingerprint density at radius 2 is 1.40 bits per heavy atom. The highest BCUT2D eigenvalue weighted by molar-refractivity contribution is 6.06. The van der Waals surface area contributed by atoms with Crippen LogP contribution in [0.3, 0.4) is 0 Å². The van der Waals surface area contributed by atoms with Crippen molar-refractivity contribution < 1.29 is 52.5 Å². The van der Waals surface area contributed by atoms with E-state index in [1.807, 2.05) is 83.3 Å². The van der Waals surface area contributed by atoms with Crippen LogP contribution in [-0.4, -0.2) is 157 Å². The molecular weight excluding hydrogens is 1250 g/mol. The van der Waals surface area contributed by atoms with Crippen molar-refractivity contribution in [1.29, 1.82) is 0 Å². The number of hydrogen-bond acceptors (Lipinski definition) is 15. The van der Waals surface area contributed by atoms with E-state index in [0.29, 0.717) is 108 Å². The fraction of sp³-hybridized carbons (Fsp3) is 0.455. The SMILES string of the molecule is CCCc1nc2ccc(-c3nc4ccccc4n3C)cc2n1Cc1ccc(-c2ccccc2C(=O)Oc2ccc(C(=O)NCCOCCOCCOCCn3cc(CN(CCCCCCN4C(=O)[C@@H]5C6C=CC(C6)[C@@H]5C4=O)C(=O)CCC(=O)NC(C)(C)CCOC(C)C)nn3)cc2)cc1. The van der Waals surface area contributed by atoms with E-state index in [4.69, 9.17) is 33.7 Å². The van der Waals surface area contributed by atoms with Gasteiger partial charge in [0.2, 0.25) is 23.6 Å². The Bertz CT molecular complexity index is 4110. The molecule has 1 aliphatic heterocycles. The number of aromatic nitrogens is 7. The van der Waals surface area contributed by atoms with Crippen molar-refractivity contribution in [3.8, 4) is 28.3 Å². The third-order valence-electron chi connectivity index (χ3n) is 18.8. The molecule has 0 radical (unpaired) electrons. The summed E-state index contributed by atoms with van der Waals surface area (Å²) >= 11 is 0. The second-order valence-electron chi connectivity index (χ2n) is 26.9. The van der Waals surface area contributed by atoms with Crippen LogP contribution in [0.4, 0.5) is 0 Å². The first kappa shape index (κ1) is 71.1. The number of aryl methyl sites for hydroxylation is 2. The van der Waals surface area contributed by atoms with E-state index in [2.05, 4.69) is 85.6 Å². The highest BCUT2D eigenvalue weighted by Crippen LogP contribution is 2.52. The highest BCUT2D eigenvalue weighted by atomic mass is 16.5. The van der Waals surface area contributed by atoms with Crippen LogP contribution < -0.4 is 15.4 Å². The van der Waals surface area contributed by atoms with Gasteiger partial charge in [0.15, 0.2) is 0 Å². The molecule has 2 aliphatic carbocycles. The Kier molecular flexibility index (Phi) is 24.1. The van der Waals surface area contributed by atoms with E-state index in [-0.39, 0.29) is 91.8 Å². The first-order chi connectivity index (χ1) is 48.0. The second kappa shape index (κ2) is 33.6. The summed E-state index contributed by atoms with van der Waals surface area (Å²) in [5.74, 6) is 1.03. The maximum absolute atomic E-state index is 13.7. The van der Waals surface area contributed by atoms with Gasteiger partial charge in [-0.2, -0.15) is 0 Å². The van der Waals surface area contributed by atoms with Gasteiger partial charge in [0, 0.05) is 75.8 Å². The number of rotatable bonds is 38. The number of imide groups is 1. The number of carbonyl (C=O) groups excluding carboxylic acids is 6. The molecule has 2 unspecified atom stereocenters. The molecule has 5 amide bonds. The molecule has 1 saturated heterocycles. The van der Waals surface area contributed by atoms with Crippen molar-refractivity contribution in [3.63, 3.8) is 0 Å². The summed E-state index contributed by atoms with van der Waals surface area (Å²) < 4.78 is 34.8. The number of unbranched alkanes of at least 4 members (excludes halogenated alkanes) is 3. The first-order valence-corrected chi connectivity index (χ1v) is 35.1. The van der Waals surface area contributed by atoms with E-state index >= 15 is 0 Å². The third kappa shape index (κ3) is 18.2. The third-order valence-corrected chi connectivity index (χ3v) is 18.8. The van der Waals surface area contributed by atoms with Crippen molar-refractivity contribution in [2.45, 2.75) is 130 Å². The van der Waals surface area contributed by atoms with Gasteiger partial charge in [-0.25, -0.2) is 19.4 Å². The molecule has 2 fully saturated rings. The maximum atomic E-state index is 13.7. The van der Waals surface area contributed by atoms with Crippen LogP contribution >= 0.6 is 0 Å². The van der Waals surface area contributed by atoms with Gasteiger partial charge in [-0.1, -0.05) is 91.7 Å².